The Balaban J connectivity index is 1.85. The third-order valence-electron chi connectivity index (χ3n) is 3.58. The first-order valence-corrected chi connectivity index (χ1v) is 6.29. The first kappa shape index (κ1) is 10.3. The zero-order valence-corrected chi connectivity index (χ0v) is 9.56. The van der Waals surface area contributed by atoms with Crippen LogP contribution in [0.1, 0.15) is 55.8 Å². The summed E-state index contributed by atoms with van der Waals surface area (Å²) >= 11 is 0. The topological polar surface area (TPSA) is 53.1 Å². The van der Waals surface area contributed by atoms with Crippen molar-refractivity contribution in [1.29, 1.82) is 0 Å². The number of aromatic nitrogens is 2. The molecule has 4 heteroatoms. The van der Waals surface area contributed by atoms with Crippen LogP contribution >= 0.6 is 0 Å². The van der Waals surface area contributed by atoms with Gasteiger partial charge in [-0.1, -0.05) is 0 Å². The lowest BCUT2D eigenvalue weighted by Crippen LogP contribution is -2.21. The normalized spacial score (nSPS) is 30.1. The van der Waals surface area contributed by atoms with Gasteiger partial charge in [-0.3, -0.25) is 0 Å². The van der Waals surface area contributed by atoms with E-state index in [1.54, 1.807) is 0 Å². The van der Waals surface area contributed by atoms with Crippen molar-refractivity contribution in [3.8, 4) is 0 Å². The zero-order chi connectivity index (χ0) is 11.0. The van der Waals surface area contributed by atoms with Crippen LogP contribution < -0.4 is 5.73 Å². The second-order valence-corrected chi connectivity index (χ2v) is 4.82. The molecule has 1 fully saturated rings. The maximum Gasteiger partial charge on any atom is 0.126 e. The van der Waals surface area contributed by atoms with E-state index in [-0.39, 0.29) is 12.1 Å². The molecule has 2 N–H and O–H groups in total. The van der Waals surface area contributed by atoms with Gasteiger partial charge in [0.15, 0.2) is 0 Å². The Hall–Kier alpha value is -0.870. The van der Waals surface area contributed by atoms with Crippen LogP contribution in [0.2, 0.25) is 0 Å². The standard InChI is InChI=1S/C12H19N3O/c13-9-4-3-6-15-8-10(14-12(9)15)11-5-1-2-7-16-11/h8-9,11H,1-7,13H2. The van der Waals surface area contributed by atoms with E-state index < -0.39 is 0 Å². The first-order chi connectivity index (χ1) is 7.84. The minimum atomic E-state index is 0.117. The van der Waals surface area contributed by atoms with Crippen molar-refractivity contribution in [2.75, 3.05) is 6.61 Å². The Morgan fingerprint density at radius 2 is 2.25 bits per heavy atom. The van der Waals surface area contributed by atoms with Crippen molar-refractivity contribution in [2.24, 2.45) is 5.73 Å². The largest absolute Gasteiger partial charge is 0.372 e. The van der Waals surface area contributed by atoms with Gasteiger partial charge < -0.3 is 15.0 Å². The summed E-state index contributed by atoms with van der Waals surface area (Å²) in [5.74, 6) is 1.05. The van der Waals surface area contributed by atoms with Crippen LogP contribution in [0.3, 0.4) is 0 Å². The number of ether oxygens (including phenoxy) is 1. The summed E-state index contributed by atoms with van der Waals surface area (Å²) in [5.41, 5.74) is 7.15. The van der Waals surface area contributed by atoms with Crippen molar-refractivity contribution >= 4 is 0 Å². The summed E-state index contributed by atoms with van der Waals surface area (Å²) in [5, 5.41) is 0. The van der Waals surface area contributed by atoms with Crippen LogP contribution in [0, 0.1) is 0 Å². The number of hydrogen-bond acceptors (Lipinski definition) is 3. The molecule has 0 bridgehead atoms. The highest BCUT2D eigenvalue weighted by atomic mass is 16.5. The lowest BCUT2D eigenvalue weighted by Gasteiger charge is -2.20. The number of nitrogens with zero attached hydrogens (tertiary/aromatic N) is 2. The Morgan fingerprint density at radius 3 is 3.00 bits per heavy atom. The van der Waals surface area contributed by atoms with Gasteiger partial charge in [-0.25, -0.2) is 4.98 Å². The maximum absolute atomic E-state index is 6.07. The predicted octanol–water partition coefficient (Wildman–Crippen LogP) is 1.92. The molecule has 0 amide bonds. The summed E-state index contributed by atoms with van der Waals surface area (Å²) in [6.07, 6.45) is 8.11. The van der Waals surface area contributed by atoms with E-state index in [1.165, 1.54) is 12.8 Å². The molecule has 0 saturated carbocycles. The minimum absolute atomic E-state index is 0.117. The van der Waals surface area contributed by atoms with E-state index in [0.29, 0.717) is 0 Å². The van der Waals surface area contributed by atoms with E-state index >= 15 is 0 Å². The Morgan fingerprint density at radius 1 is 1.31 bits per heavy atom. The van der Waals surface area contributed by atoms with E-state index in [9.17, 15) is 0 Å². The van der Waals surface area contributed by atoms with Gasteiger partial charge in [0.25, 0.3) is 0 Å². The van der Waals surface area contributed by atoms with Crippen molar-refractivity contribution in [2.45, 2.75) is 50.8 Å². The lowest BCUT2D eigenvalue weighted by atomic mass is 10.1. The number of imidazole rings is 1. The Bertz CT molecular complexity index is 368. The summed E-state index contributed by atoms with van der Waals surface area (Å²) < 4.78 is 7.97. The van der Waals surface area contributed by atoms with E-state index in [4.69, 9.17) is 10.5 Å². The van der Waals surface area contributed by atoms with Gasteiger partial charge >= 0.3 is 0 Å². The van der Waals surface area contributed by atoms with E-state index in [1.807, 2.05) is 0 Å². The van der Waals surface area contributed by atoms with E-state index in [2.05, 4.69) is 15.7 Å². The molecule has 3 rings (SSSR count). The molecule has 3 heterocycles. The van der Waals surface area contributed by atoms with Crippen LogP contribution in [0.5, 0.6) is 0 Å². The molecule has 0 radical (unpaired) electrons. The first-order valence-electron chi connectivity index (χ1n) is 6.29. The summed E-state index contributed by atoms with van der Waals surface area (Å²) in [7, 11) is 0. The van der Waals surface area contributed by atoms with Crippen molar-refractivity contribution < 1.29 is 4.74 Å². The average Bonchev–Trinajstić information content (AvgIpc) is 2.76. The molecule has 2 aliphatic rings. The van der Waals surface area contributed by atoms with Crippen LogP contribution in [0.15, 0.2) is 6.20 Å². The highest BCUT2D eigenvalue weighted by Crippen LogP contribution is 2.30. The molecule has 2 unspecified atom stereocenters. The van der Waals surface area contributed by atoms with Gasteiger partial charge in [0.1, 0.15) is 11.9 Å². The van der Waals surface area contributed by atoms with E-state index in [0.717, 1.165) is 43.9 Å². The zero-order valence-electron chi connectivity index (χ0n) is 9.56. The SMILES string of the molecule is NC1CCCn2cc(C3CCCCO3)nc21. The minimum Gasteiger partial charge on any atom is -0.372 e. The van der Waals surface area contributed by atoms with Crippen LogP contribution in [0.4, 0.5) is 0 Å². The molecule has 2 atom stereocenters. The quantitative estimate of drug-likeness (QED) is 0.788. The molecular formula is C12H19N3O. The molecule has 0 aliphatic carbocycles. The molecular weight excluding hydrogens is 202 g/mol. The highest BCUT2D eigenvalue weighted by molar-refractivity contribution is 5.12. The number of aryl methyl sites for hydroxylation is 1. The fourth-order valence-electron chi connectivity index (χ4n) is 2.67. The van der Waals surface area contributed by atoms with Crippen LogP contribution in [-0.2, 0) is 11.3 Å². The molecule has 88 valence electrons. The molecule has 2 aliphatic heterocycles. The number of hydrogen-bond donors (Lipinski definition) is 1. The molecule has 1 aromatic heterocycles. The summed E-state index contributed by atoms with van der Waals surface area (Å²) in [6.45, 7) is 1.93. The smallest absolute Gasteiger partial charge is 0.126 e. The van der Waals surface area contributed by atoms with Crippen LogP contribution in [0.25, 0.3) is 0 Å². The van der Waals surface area contributed by atoms with Gasteiger partial charge in [0.2, 0.25) is 0 Å². The van der Waals surface area contributed by atoms with Gasteiger partial charge in [-0.15, -0.1) is 0 Å². The molecule has 16 heavy (non-hydrogen) atoms. The number of rotatable bonds is 1. The number of fused-ring (bicyclic) bond motifs is 1. The number of nitrogens with two attached hydrogens (primary N) is 1. The highest BCUT2D eigenvalue weighted by Gasteiger charge is 2.24. The fourth-order valence-corrected chi connectivity index (χ4v) is 2.67. The lowest BCUT2D eigenvalue weighted by molar-refractivity contribution is 0.0124. The van der Waals surface area contributed by atoms with Gasteiger partial charge in [-0.2, -0.15) is 0 Å². The molecule has 1 saturated heterocycles. The predicted molar refractivity (Wildman–Crippen MR) is 60.9 cm³/mol. The Labute approximate surface area is 95.8 Å². The summed E-state index contributed by atoms with van der Waals surface area (Å²) in [6, 6.07) is 0.117. The van der Waals surface area contributed by atoms with Crippen molar-refractivity contribution in [3.05, 3.63) is 17.7 Å². The molecule has 1 aromatic rings. The summed E-state index contributed by atoms with van der Waals surface area (Å²) in [4.78, 5) is 4.67. The maximum atomic E-state index is 6.07. The van der Waals surface area contributed by atoms with Gasteiger partial charge in [-0.05, 0) is 32.1 Å². The Kier molecular flexibility index (Phi) is 2.69. The molecule has 0 spiro atoms. The third kappa shape index (κ3) is 1.76. The van der Waals surface area contributed by atoms with Gasteiger partial charge in [0, 0.05) is 19.3 Å². The monoisotopic (exact) mass is 221 g/mol. The second kappa shape index (κ2) is 4.18. The molecule has 0 aromatic carbocycles. The third-order valence-corrected chi connectivity index (χ3v) is 3.58. The van der Waals surface area contributed by atoms with Gasteiger partial charge in [0.05, 0.1) is 11.7 Å². The second-order valence-electron chi connectivity index (χ2n) is 4.82. The van der Waals surface area contributed by atoms with Crippen LogP contribution in [-0.4, -0.2) is 16.2 Å². The van der Waals surface area contributed by atoms with Crippen molar-refractivity contribution in [3.63, 3.8) is 0 Å². The average molecular weight is 221 g/mol. The fraction of sp³-hybridized carbons (Fsp3) is 0.750. The van der Waals surface area contributed by atoms with Crippen molar-refractivity contribution in [1.82, 2.24) is 9.55 Å². The molecule has 4 nitrogen and oxygen atoms in total.